The SMILES string of the molecule is [C-]#[N+]CCOP1(=S)OC[C@H]2O[C@@H](n3cc4c5c(ncnc53)SCCC4)[C@H](F)[C@@H]2OP(O)(=S)OC[C@H]2O[C@@H](n3cnc4c(=O)n(CCN5C(=O)c6ccccc6C5=O)cnc43)[C@H](O1)[C@@H]2O[Si](C)(C)C(C)(C)C. The van der Waals surface area contributed by atoms with Gasteiger partial charge >= 0.3 is 13.4 Å². The second-order valence-corrected chi connectivity index (χ2v) is 30.6. The third-order valence-corrected chi connectivity index (χ3v) is 23.0. The molecule has 3 fully saturated rings. The maximum atomic E-state index is 17.1. The Morgan fingerprint density at radius 2 is 1.68 bits per heavy atom. The minimum absolute atomic E-state index is 0.0714. The predicted molar refractivity (Wildman–Crippen MR) is 265 cm³/mol. The highest BCUT2D eigenvalue weighted by Crippen LogP contribution is 2.58. The summed E-state index contributed by atoms with van der Waals surface area (Å²) in [7, 11) is -2.77. The van der Waals surface area contributed by atoms with Gasteiger partial charge in [-0.2, -0.15) is 0 Å². The molecule has 0 aliphatic carbocycles. The number of aryl methyl sites for hydroxylation is 1. The Morgan fingerprint density at radius 1 is 0.944 bits per heavy atom. The second-order valence-electron chi connectivity index (χ2n) is 19.0. The molecule has 9 heterocycles. The molecule has 2 bridgehead atoms. The van der Waals surface area contributed by atoms with E-state index in [0.717, 1.165) is 39.5 Å². The van der Waals surface area contributed by atoms with E-state index in [-0.39, 0.29) is 53.6 Å². The van der Waals surface area contributed by atoms with Gasteiger partial charge in [0.15, 0.2) is 38.1 Å². The van der Waals surface area contributed by atoms with E-state index >= 15 is 4.39 Å². The molecule has 71 heavy (non-hydrogen) atoms. The van der Waals surface area contributed by atoms with Crippen LogP contribution in [0.1, 0.15) is 65.9 Å². The molecule has 5 aromatic rings. The smallest absolute Gasteiger partial charge is 0.328 e. The molecule has 3 saturated heterocycles. The van der Waals surface area contributed by atoms with Crippen molar-refractivity contribution < 1.29 is 55.4 Å². The van der Waals surface area contributed by atoms with E-state index in [1.165, 1.54) is 28.1 Å². The fourth-order valence-corrected chi connectivity index (χ4v) is 14.8. The third-order valence-electron chi connectivity index (χ3n) is 13.6. The molecule has 28 heteroatoms. The highest BCUT2D eigenvalue weighted by Gasteiger charge is 2.56. The number of alkyl halides is 1. The number of imide groups is 1. The number of thioether (sulfide) groups is 1. The second kappa shape index (κ2) is 19.5. The number of carbonyl (C=O) groups excluding carboxylic acids is 2. The van der Waals surface area contributed by atoms with Crippen LogP contribution in [0.5, 0.6) is 0 Å². The lowest BCUT2D eigenvalue weighted by Crippen LogP contribution is -2.50. The van der Waals surface area contributed by atoms with Crippen molar-refractivity contribution in [3.8, 4) is 0 Å². The van der Waals surface area contributed by atoms with Crippen molar-refractivity contribution in [3.05, 3.63) is 87.9 Å². The van der Waals surface area contributed by atoms with Crippen molar-refractivity contribution in [2.24, 2.45) is 0 Å². The highest BCUT2D eigenvalue weighted by atomic mass is 32.5. The first-order valence-electron chi connectivity index (χ1n) is 22.8. The first-order chi connectivity index (χ1) is 33.8. The normalized spacial score (nSPS) is 30.4. The van der Waals surface area contributed by atoms with Gasteiger partial charge in [-0.25, -0.2) is 30.9 Å². The van der Waals surface area contributed by atoms with Gasteiger partial charge in [0.25, 0.3) is 17.4 Å². The summed E-state index contributed by atoms with van der Waals surface area (Å²) in [5.74, 6) is -0.0552. The molecular formula is C43H50FN9O12P2S3Si. The molecule has 1 N–H and O–H groups in total. The molecule has 2 amide bonds. The maximum Gasteiger partial charge on any atom is 0.328 e. The van der Waals surface area contributed by atoms with Crippen LogP contribution in [0.15, 0.2) is 59.3 Å². The van der Waals surface area contributed by atoms with Crippen LogP contribution in [-0.2, 0) is 73.1 Å². The summed E-state index contributed by atoms with van der Waals surface area (Å²) in [6.45, 7) is 7.84. The number of imidazole rings is 1. The molecule has 0 radical (unpaired) electrons. The molecule has 10 rings (SSSR count). The fourth-order valence-electron chi connectivity index (χ4n) is 8.97. The summed E-state index contributed by atoms with van der Waals surface area (Å²) in [5, 5.41) is 1.23. The zero-order chi connectivity index (χ0) is 50.2. The lowest BCUT2D eigenvalue weighted by Gasteiger charge is -2.41. The number of nitrogens with zero attached hydrogens (tertiary/aromatic N) is 9. The number of hydrogen-bond acceptors (Lipinski definition) is 18. The number of aromatic nitrogens is 7. The van der Waals surface area contributed by atoms with Gasteiger partial charge in [0.2, 0.25) is 6.54 Å². The van der Waals surface area contributed by atoms with Gasteiger partial charge in [0.1, 0.15) is 60.5 Å². The van der Waals surface area contributed by atoms with Gasteiger partial charge in [-0.05, 0) is 78.0 Å². The van der Waals surface area contributed by atoms with Crippen LogP contribution < -0.4 is 5.56 Å². The molecule has 0 saturated carbocycles. The molecule has 0 spiro atoms. The van der Waals surface area contributed by atoms with Crippen LogP contribution in [0.2, 0.25) is 18.1 Å². The zero-order valence-electron chi connectivity index (χ0n) is 39.1. The molecule has 2 unspecified atom stereocenters. The van der Waals surface area contributed by atoms with Crippen molar-refractivity contribution in [3.63, 3.8) is 0 Å². The van der Waals surface area contributed by atoms with E-state index in [0.29, 0.717) is 5.65 Å². The van der Waals surface area contributed by atoms with E-state index in [1.807, 2.05) is 33.9 Å². The van der Waals surface area contributed by atoms with Crippen LogP contribution >= 0.6 is 25.2 Å². The number of fused-ring (bicyclic) bond motifs is 5. The molecule has 1 aromatic carbocycles. The summed E-state index contributed by atoms with van der Waals surface area (Å²) in [6, 6.07) is 6.51. The number of hydrogen-bond donors (Lipinski definition) is 1. The van der Waals surface area contributed by atoms with E-state index < -0.39 is 101 Å². The molecule has 21 nitrogen and oxygen atoms in total. The fraction of sp³-hybridized carbons (Fsp3) is 0.535. The largest absolute Gasteiger partial charge is 0.408 e. The van der Waals surface area contributed by atoms with Gasteiger partial charge in [-0.15, -0.1) is 11.8 Å². The van der Waals surface area contributed by atoms with E-state index in [2.05, 4.69) is 24.8 Å². The number of rotatable bonds is 10. The lowest BCUT2D eigenvalue weighted by atomic mass is 10.1. The molecule has 378 valence electrons. The summed E-state index contributed by atoms with van der Waals surface area (Å²) < 4.78 is 73.3. The number of carbonyl (C=O) groups is 2. The Morgan fingerprint density at radius 3 is 2.41 bits per heavy atom. The Bertz CT molecular complexity index is 3100. The first kappa shape index (κ1) is 50.8. The third kappa shape index (κ3) is 9.55. The Kier molecular flexibility index (Phi) is 14.0. The summed E-state index contributed by atoms with van der Waals surface area (Å²) in [4.78, 5) is 74.6. The van der Waals surface area contributed by atoms with Crippen LogP contribution in [0.3, 0.4) is 0 Å². The van der Waals surface area contributed by atoms with Crippen LogP contribution in [0, 0.1) is 6.57 Å². The van der Waals surface area contributed by atoms with Crippen LogP contribution in [0.25, 0.3) is 27.0 Å². The first-order valence-corrected chi connectivity index (χ1v) is 31.9. The van der Waals surface area contributed by atoms with Crippen molar-refractivity contribution in [2.75, 3.05) is 38.7 Å². The highest BCUT2D eigenvalue weighted by molar-refractivity contribution is 8.07. The van der Waals surface area contributed by atoms with Crippen LogP contribution in [-0.4, -0.2) is 139 Å². The monoisotopic (exact) mass is 1090 g/mol. The average molecular weight is 1090 g/mol. The Labute approximate surface area is 422 Å². The maximum absolute atomic E-state index is 17.1. The Hall–Kier alpha value is -3.74. The average Bonchev–Trinajstić information content (AvgIpc) is 4.09. The summed E-state index contributed by atoms with van der Waals surface area (Å²) in [6.07, 6.45) is -3.23. The predicted octanol–water partition coefficient (Wildman–Crippen LogP) is 6.09. The lowest BCUT2D eigenvalue weighted by molar-refractivity contribution is -0.0615. The molecule has 10 atom stereocenters. The van der Waals surface area contributed by atoms with E-state index in [1.54, 1.807) is 46.8 Å². The summed E-state index contributed by atoms with van der Waals surface area (Å²) >= 11 is 13.3. The molecule has 4 aromatic heterocycles. The van der Waals surface area contributed by atoms with Gasteiger partial charge in [-0.3, -0.25) is 37.5 Å². The topological polar surface area (TPSA) is 219 Å². The number of amides is 2. The van der Waals surface area contributed by atoms with E-state index in [9.17, 15) is 19.3 Å². The van der Waals surface area contributed by atoms with Crippen molar-refractivity contribution in [1.29, 1.82) is 0 Å². The quantitative estimate of drug-likeness (QED) is 0.0418. The van der Waals surface area contributed by atoms with Gasteiger partial charge in [0.05, 0.1) is 36.1 Å². The number of halogens is 1. The number of benzene rings is 1. The van der Waals surface area contributed by atoms with Gasteiger partial charge < -0.3 is 41.8 Å². The summed E-state index contributed by atoms with van der Waals surface area (Å²) in [5.41, 5.74) is 1.41. The van der Waals surface area contributed by atoms with Crippen molar-refractivity contribution in [2.45, 2.75) is 112 Å². The van der Waals surface area contributed by atoms with E-state index in [4.69, 9.17) is 66.7 Å². The van der Waals surface area contributed by atoms with Crippen LogP contribution in [0.4, 0.5) is 4.39 Å². The van der Waals surface area contributed by atoms with Gasteiger partial charge in [0, 0.05) is 19.3 Å². The molecule has 5 aliphatic heterocycles. The molecular weight excluding hydrogens is 1040 g/mol. The minimum Gasteiger partial charge on any atom is -0.408 e. The Balaban J connectivity index is 0.995. The standard InChI is InChI=1S/C43H50FN9O12P2S3Si/c1-43(2,3)71(5,6)65-33-28-19-59-66(57,68)63-32-27(61-41(30(32)44)52-18-24-10-9-17-70-37-29(24)35(52)46-21-47-37)20-60-67(69,58-16-13-45-4)64-34(33)42(62-28)53-23-48-31-36(53)49-22-50(40(31)56)14-15-51-38(54)25-11-7-8-12-26(25)39(51)55/h7-8,11-12,18,21-23,27-28,30,32-34,41-42H,9-10,13-17,19-20H2,1-3,5-6H3,(H,57,68)/t27-,28-,30-,32-,33-,34-,41-,42-,66?,67?/m1/s1. The zero-order valence-corrected chi connectivity index (χ0v) is 44.3. The minimum atomic E-state index is -4.35. The van der Waals surface area contributed by atoms with Crippen molar-refractivity contribution in [1.82, 2.24) is 38.5 Å². The van der Waals surface area contributed by atoms with Crippen molar-refractivity contribution >= 4 is 91.1 Å². The number of ether oxygens (including phenoxy) is 2. The molecule has 5 aliphatic rings. The van der Waals surface area contributed by atoms with Gasteiger partial charge in [-0.1, -0.05) is 32.9 Å².